The molecule has 2 aliphatic carbocycles. The van der Waals surface area contributed by atoms with E-state index in [1.807, 2.05) is 25.1 Å². The summed E-state index contributed by atoms with van der Waals surface area (Å²) in [7, 11) is 1.70. The van der Waals surface area contributed by atoms with E-state index in [2.05, 4.69) is 30.2 Å². The minimum atomic E-state index is -2.02. The van der Waals surface area contributed by atoms with Crippen LogP contribution < -0.4 is 9.64 Å². The van der Waals surface area contributed by atoms with Crippen molar-refractivity contribution in [3.63, 3.8) is 0 Å². The van der Waals surface area contributed by atoms with Crippen molar-refractivity contribution in [3.8, 4) is 5.75 Å². The topological polar surface area (TPSA) is 90.3 Å². The monoisotopic (exact) mass is 648 g/mol. The van der Waals surface area contributed by atoms with Gasteiger partial charge in [-0.3, -0.25) is 9.59 Å². The molecule has 0 saturated heterocycles. The van der Waals surface area contributed by atoms with Crippen molar-refractivity contribution in [1.82, 2.24) is 4.90 Å². The van der Waals surface area contributed by atoms with E-state index in [0.29, 0.717) is 44.0 Å². The molecule has 46 heavy (non-hydrogen) atoms. The van der Waals surface area contributed by atoms with Crippen molar-refractivity contribution in [3.05, 3.63) is 83.4 Å². The second kappa shape index (κ2) is 13.9. The maximum absolute atomic E-state index is 13.7. The van der Waals surface area contributed by atoms with Crippen LogP contribution in [0.2, 0.25) is 5.02 Å². The Bertz CT molecular complexity index is 1480. The molecule has 1 heterocycles. The molecule has 1 fully saturated rings. The van der Waals surface area contributed by atoms with Crippen LogP contribution in [0.3, 0.4) is 0 Å². The molecular formula is C38H49ClN2O5. The first-order chi connectivity index (χ1) is 22.0. The lowest BCUT2D eigenvalue weighted by Crippen LogP contribution is -2.50. The normalized spacial score (nSPS) is 24.6. The van der Waals surface area contributed by atoms with E-state index in [1.54, 1.807) is 30.2 Å². The number of nitrogens with zero attached hydrogens (tertiary/aromatic N) is 2. The number of rotatable bonds is 12. The maximum Gasteiger partial charge on any atom is 0.229 e. The molecule has 1 spiro atoms. The Labute approximate surface area is 278 Å². The number of ether oxygens (including phenoxy) is 1. The minimum Gasteiger partial charge on any atom is -0.490 e. The van der Waals surface area contributed by atoms with Crippen LogP contribution in [-0.4, -0.2) is 66.2 Å². The summed E-state index contributed by atoms with van der Waals surface area (Å²) in [6, 6.07) is 11.6. The second-order valence-corrected chi connectivity index (χ2v) is 14.1. The molecule has 1 amide bonds. The fraction of sp³-hybridized carbons (Fsp3) is 0.526. The number of ketones is 1. The number of anilines is 1. The largest absolute Gasteiger partial charge is 0.490 e. The highest BCUT2D eigenvalue weighted by molar-refractivity contribution is 6.30. The molecule has 0 bridgehead atoms. The third-order valence-electron chi connectivity index (χ3n) is 10.9. The summed E-state index contributed by atoms with van der Waals surface area (Å²) >= 11 is 6.43. The minimum absolute atomic E-state index is 0.115. The van der Waals surface area contributed by atoms with Crippen LogP contribution in [0, 0.1) is 17.8 Å². The van der Waals surface area contributed by atoms with Gasteiger partial charge in [-0.1, -0.05) is 42.8 Å². The Morgan fingerprint density at radius 3 is 2.67 bits per heavy atom. The number of amides is 1. The molecule has 3 aliphatic rings. The first-order valence-corrected chi connectivity index (χ1v) is 17.1. The number of aliphatic hydroxyl groups excluding tert-OH is 1. The zero-order chi connectivity index (χ0) is 33.2. The number of carbonyl (C=O) groups excluding carboxylic acids is 2. The van der Waals surface area contributed by atoms with Crippen LogP contribution in [0.15, 0.2) is 61.7 Å². The second-order valence-electron chi connectivity index (χ2n) is 13.6. The summed E-state index contributed by atoms with van der Waals surface area (Å²) in [6.07, 6.45) is 8.54. The predicted molar refractivity (Wildman–Crippen MR) is 183 cm³/mol. The predicted octanol–water partition coefficient (Wildman–Crippen LogP) is 6.22. The van der Waals surface area contributed by atoms with Crippen LogP contribution in [0.5, 0.6) is 5.75 Å². The Morgan fingerprint density at radius 2 is 2.02 bits per heavy atom. The Morgan fingerprint density at radius 1 is 1.24 bits per heavy atom. The third-order valence-corrected chi connectivity index (χ3v) is 11.1. The van der Waals surface area contributed by atoms with Crippen LogP contribution in [0.25, 0.3) is 0 Å². The number of aliphatic hydroxyl groups is 2. The standard InChI is InChI=1S/C38H49ClN2O5/c1-6-9-19-40(5)36(44)31(7-2)38(45,25(4)42)28-13-17-35-33(21-28)41(22-27-12-15-30(27)34(43)8-3)23-37(24-46-35)18-10-11-26-20-29(39)14-16-32(26)37/h6,8,13-14,16-17,20-21,27,30-31,34,43,45H,1,3,7,9-12,15,18-19,22-24H2,2,4-5H3/t27-,30+,31+,34-,37-,38-/m0/s1. The Balaban J connectivity index is 1.58. The van der Waals surface area contributed by atoms with Gasteiger partial charge in [-0.2, -0.15) is 0 Å². The molecule has 0 aromatic heterocycles. The number of fused-ring (bicyclic) bond motifs is 3. The van der Waals surface area contributed by atoms with Gasteiger partial charge in [0.2, 0.25) is 5.91 Å². The van der Waals surface area contributed by atoms with Crippen molar-refractivity contribution in [2.24, 2.45) is 17.8 Å². The first-order valence-electron chi connectivity index (χ1n) is 16.7. The SMILES string of the molecule is C=CCCN(C)C(=O)[C@@H](CC)[C@](O)(C(C)=O)c1ccc2c(c1)N(C[C@@H]1CC[C@H]1[C@@H](O)C=C)C[C@@]1(CCCc3cc(Cl)ccc31)CO2. The summed E-state index contributed by atoms with van der Waals surface area (Å²) in [5.41, 5.74) is 1.35. The van der Waals surface area contributed by atoms with Gasteiger partial charge in [0.1, 0.15) is 5.75 Å². The van der Waals surface area contributed by atoms with Crippen LogP contribution in [0.4, 0.5) is 5.69 Å². The summed E-state index contributed by atoms with van der Waals surface area (Å²) in [5.74, 6) is -0.689. The van der Waals surface area contributed by atoms with E-state index in [4.69, 9.17) is 16.3 Å². The molecule has 5 rings (SSSR count). The van der Waals surface area contributed by atoms with Crippen molar-refractivity contribution >= 4 is 29.0 Å². The highest BCUT2D eigenvalue weighted by Gasteiger charge is 2.49. The van der Waals surface area contributed by atoms with Crippen LogP contribution >= 0.6 is 11.6 Å². The third kappa shape index (κ3) is 6.26. The lowest BCUT2D eigenvalue weighted by molar-refractivity contribution is -0.156. The van der Waals surface area contributed by atoms with Crippen molar-refractivity contribution < 1.29 is 24.5 Å². The lowest BCUT2D eigenvalue weighted by atomic mass is 9.68. The van der Waals surface area contributed by atoms with Gasteiger partial charge in [-0.15, -0.1) is 13.2 Å². The number of Topliss-reactive ketones (excluding diaryl/α,β-unsaturated/α-hetero) is 1. The fourth-order valence-electron chi connectivity index (χ4n) is 8.04. The van der Waals surface area contributed by atoms with Gasteiger partial charge in [-0.05, 0) is 105 Å². The quantitative estimate of drug-likeness (QED) is 0.266. The summed E-state index contributed by atoms with van der Waals surface area (Å²) in [6.45, 7) is 13.0. The molecule has 6 atom stereocenters. The molecule has 2 aromatic carbocycles. The fourth-order valence-corrected chi connectivity index (χ4v) is 8.23. The zero-order valence-corrected chi connectivity index (χ0v) is 28.3. The number of hydrogen-bond acceptors (Lipinski definition) is 6. The van der Waals surface area contributed by atoms with Gasteiger partial charge in [-0.25, -0.2) is 0 Å². The van der Waals surface area contributed by atoms with E-state index >= 15 is 0 Å². The highest BCUT2D eigenvalue weighted by atomic mass is 35.5. The van der Waals surface area contributed by atoms with Crippen molar-refractivity contribution in [1.29, 1.82) is 0 Å². The first kappa shape index (κ1) is 34.2. The molecule has 7 nitrogen and oxygen atoms in total. The molecule has 1 aliphatic heterocycles. The van der Waals surface area contributed by atoms with Gasteiger partial charge < -0.3 is 24.7 Å². The summed E-state index contributed by atoms with van der Waals surface area (Å²) < 4.78 is 6.64. The molecule has 2 N–H and O–H groups in total. The maximum atomic E-state index is 13.7. The molecule has 8 heteroatoms. The number of benzene rings is 2. The highest BCUT2D eigenvalue weighted by Crippen LogP contribution is 2.48. The number of halogens is 1. The Kier molecular flexibility index (Phi) is 10.4. The van der Waals surface area contributed by atoms with Gasteiger partial charge in [0.25, 0.3) is 0 Å². The van der Waals surface area contributed by atoms with Gasteiger partial charge >= 0.3 is 0 Å². The molecule has 0 radical (unpaired) electrons. The Hall–Kier alpha value is -3.13. The smallest absolute Gasteiger partial charge is 0.229 e. The number of carbonyl (C=O) groups is 2. The van der Waals surface area contributed by atoms with Crippen molar-refractivity contribution in [2.75, 3.05) is 38.2 Å². The molecular weight excluding hydrogens is 600 g/mol. The van der Waals surface area contributed by atoms with E-state index in [-0.39, 0.29) is 29.6 Å². The molecule has 248 valence electrons. The van der Waals surface area contributed by atoms with Gasteiger partial charge in [0, 0.05) is 37.1 Å². The average molecular weight is 649 g/mol. The lowest BCUT2D eigenvalue weighted by Gasteiger charge is -2.45. The molecule has 1 saturated carbocycles. The van der Waals surface area contributed by atoms with Crippen LogP contribution in [0.1, 0.15) is 69.1 Å². The van der Waals surface area contributed by atoms with Gasteiger partial charge in [0.15, 0.2) is 11.4 Å². The van der Waals surface area contributed by atoms with Crippen molar-refractivity contribution in [2.45, 2.75) is 75.9 Å². The van der Waals surface area contributed by atoms with Crippen LogP contribution in [-0.2, 0) is 27.0 Å². The molecule has 0 unspecified atom stereocenters. The number of aryl methyl sites for hydroxylation is 1. The van der Waals surface area contributed by atoms with E-state index < -0.39 is 23.4 Å². The van der Waals surface area contributed by atoms with E-state index in [1.165, 1.54) is 18.1 Å². The van der Waals surface area contributed by atoms with E-state index in [0.717, 1.165) is 42.8 Å². The van der Waals surface area contributed by atoms with E-state index in [9.17, 15) is 19.8 Å². The summed E-state index contributed by atoms with van der Waals surface area (Å²) in [5, 5.41) is 23.7. The zero-order valence-electron chi connectivity index (χ0n) is 27.5. The van der Waals surface area contributed by atoms with Gasteiger partial charge in [0.05, 0.1) is 24.3 Å². The average Bonchev–Trinajstić information content (AvgIpc) is 3.18. The molecule has 2 aromatic rings. The number of hydrogen-bond donors (Lipinski definition) is 2. The summed E-state index contributed by atoms with van der Waals surface area (Å²) in [4.78, 5) is 31.0.